The number of rotatable bonds is 1. The van der Waals surface area contributed by atoms with Gasteiger partial charge in [0.15, 0.2) is 5.82 Å². The molecule has 0 amide bonds. The lowest BCUT2D eigenvalue weighted by Gasteiger charge is -2.05. The third-order valence-corrected chi connectivity index (χ3v) is 2.88. The van der Waals surface area contributed by atoms with Crippen molar-refractivity contribution in [2.75, 3.05) is 0 Å². The first kappa shape index (κ1) is 9.96. The summed E-state index contributed by atoms with van der Waals surface area (Å²) < 4.78 is 1.95. The van der Waals surface area contributed by atoms with Crippen LogP contribution in [0.25, 0.3) is 16.9 Å². The van der Waals surface area contributed by atoms with Crippen molar-refractivity contribution >= 4 is 11.0 Å². The number of aryl methyl sites for hydroxylation is 2. The average Bonchev–Trinajstić information content (AvgIpc) is 2.76. The van der Waals surface area contributed by atoms with Crippen LogP contribution in [0.15, 0.2) is 36.8 Å². The molecule has 0 radical (unpaired) electrons. The molecule has 0 bridgehead atoms. The molecule has 2 aromatic heterocycles. The molecule has 3 rings (SSSR count). The summed E-state index contributed by atoms with van der Waals surface area (Å²) in [7, 11) is 0. The quantitative estimate of drug-likeness (QED) is 0.637. The lowest BCUT2D eigenvalue weighted by molar-refractivity contribution is 0.947. The van der Waals surface area contributed by atoms with Crippen molar-refractivity contribution < 1.29 is 0 Å². The number of fused-ring (bicyclic) bond motifs is 1. The maximum atomic E-state index is 4.53. The summed E-state index contributed by atoms with van der Waals surface area (Å²) in [6.07, 6.45) is 3.56. The molecule has 0 aliphatic heterocycles. The van der Waals surface area contributed by atoms with Crippen molar-refractivity contribution in [3.8, 4) is 5.82 Å². The highest BCUT2D eigenvalue weighted by Crippen LogP contribution is 2.16. The third-order valence-electron chi connectivity index (χ3n) is 2.88. The number of imidazole rings is 1. The maximum absolute atomic E-state index is 4.53. The Balaban J connectivity index is 2.24. The molecule has 0 fully saturated rings. The van der Waals surface area contributed by atoms with E-state index in [-0.39, 0.29) is 0 Å². The van der Waals surface area contributed by atoms with E-state index < -0.39 is 0 Å². The fraction of sp³-hybridized carbons (Fsp3) is 0.154. The number of hydrogen-bond donors (Lipinski definition) is 0. The van der Waals surface area contributed by atoms with E-state index in [1.54, 1.807) is 12.5 Å². The molecule has 4 nitrogen and oxygen atoms in total. The minimum Gasteiger partial charge on any atom is -0.282 e. The van der Waals surface area contributed by atoms with Crippen molar-refractivity contribution in [1.82, 2.24) is 19.5 Å². The molecular weight excluding hydrogens is 212 g/mol. The predicted octanol–water partition coefficient (Wildman–Crippen LogP) is 2.43. The molecular formula is C13H12N4. The van der Waals surface area contributed by atoms with Gasteiger partial charge in [-0.15, -0.1) is 0 Å². The van der Waals surface area contributed by atoms with Crippen LogP contribution in [0.5, 0.6) is 0 Å². The Hall–Kier alpha value is -2.23. The van der Waals surface area contributed by atoms with Crippen molar-refractivity contribution in [3.05, 3.63) is 48.2 Å². The SMILES string of the molecule is Cc1ncc(-n2cnc3ccccc32)nc1C. The van der Waals surface area contributed by atoms with Gasteiger partial charge in [-0.25, -0.2) is 9.97 Å². The van der Waals surface area contributed by atoms with E-state index in [0.29, 0.717) is 0 Å². The fourth-order valence-corrected chi connectivity index (χ4v) is 1.79. The second-order valence-electron chi connectivity index (χ2n) is 4.00. The number of hydrogen-bond acceptors (Lipinski definition) is 3. The molecule has 3 aromatic rings. The smallest absolute Gasteiger partial charge is 0.157 e. The van der Waals surface area contributed by atoms with Crippen LogP contribution in [0.3, 0.4) is 0 Å². The lowest BCUT2D eigenvalue weighted by Crippen LogP contribution is -2.00. The summed E-state index contributed by atoms with van der Waals surface area (Å²) in [6.45, 7) is 3.92. The fourth-order valence-electron chi connectivity index (χ4n) is 1.79. The summed E-state index contributed by atoms with van der Waals surface area (Å²) in [4.78, 5) is 13.2. The molecule has 0 unspecified atom stereocenters. The van der Waals surface area contributed by atoms with Crippen LogP contribution >= 0.6 is 0 Å². The number of para-hydroxylation sites is 2. The van der Waals surface area contributed by atoms with Crippen LogP contribution in [0.2, 0.25) is 0 Å². The molecule has 4 heteroatoms. The van der Waals surface area contributed by atoms with Crippen molar-refractivity contribution in [2.45, 2.75) is 13.8 Å². The van der Waals surface area contributed by atoms with Crippen LogP contribution in [0.1, 0.15) is 11.4 Å². The van der Waals surface area contributed by atoms with E-state index >= 15 is 0 Å². The number of nitrogens with zero attached hydrogens (tertiary/aromatic N) is 4. The van der Waals surface area contributed by atoms with Crippen LogP contribution < -0.4 is 0 Å². The molecule has 0 spiro atoms. The summed E-state index contributed by atoms with van der Waals surface area (Å²) in [5.74, 6) is 0.807. The minimum absolute atomic E-state index is 0.807. The molecule has 2 heterocycles. The van der Waals surface area contributed by atoms with E-state index in [1.807, 2.05) is 42.7 Å². The molecule has 0 N–H and O–H groups in total. The van der Waals surface area contributed by atoms with E-state index in [9.17, 15) is 0 Å². The molecule has 0 saturated carbocycles. The largest absolute Gasteiger partial charge is 0.282 e. The zero-order valence-corrected chi connectivity index (χ0v) is 9.75. The van der Waals surface area contributed by atoms with Crippen LogP contribution in [-0.4, -0.2) is 19.5 Å². The van der Waals surface area contributed by atoms with E-state index in [0.717, 1.165) is 28.2 Å². The Morgan fingerprint density at radius 1 is 1.00 bits per heavy atom. The molecule has 0 atom stereocenters. The Labute approximate surface area is 99.0 Å². The zero-order chi connectivity index (χ0) is 11.8. The highest BCUT2D eigenvalue weighted by atomic mass is 15.1. The normalized spacial score (nSPS) is 10.9. The van der Waals surface area contributed by atoms with E-state index in [2.05, 4.69) is 15.0 Å². The van der Waals surface area contributed by atoms with Crippen molar-refractivity contribution in [3.63, 3.8) is 0 Å². The number of aromatic nitrogens is 4. The van der Waals surface area contributed by atoms with Gasteiger partial charge in [-0.05, 0) is 26.0 Å². The first-order valence-corrected chi connectivity index (χ1v) is 5.48. The second kappa shape index (κ2) is 3.66. The number of benzene rings is 1. The maximum Gasteiger partial charge on any atom is 0.157 e. The van der Waals surface area contributed by atoms with Crippen LogP contribution in [0.4, 0.5) is 0 Å². The molecule has 0 saturated heterocycles. The highest BCUT2D eigenvalue weighted by Gasteiger charge is 2.06. The Morgan fingerprint density at radius 2 is 1.82 bits per heavy atom. The standard InChI is InChI=1S/C13H12N4/c1-9-10(2)16-13(7-14-9)17-8-15-11-5-3-4-6-12(11)17/h3-8H,1-2H3. The van der Waals surface area contributed by atoms with Gasteiger partial charge in [-0.3, -0.25) is 9.55 Å². The van der Waals surface area contributed by atoms with Gasteiger partial charge >= 0.3 is 0 Å². The van der Waals surface area contributed by atoms with Gasteiger partial charge in [0, 0.05) is 0 Å². The molecule has 0 aliphatic carbocycles. The summed E-state index contributed by atoms with van der Waals surface area (Å²) in [5, 5.41) is 0. The predicted molar refractivity (Wildman–Crippen MR) is 66.1 cm³/mol. The van der Waals surface area contributed by atoms with E-state index in [4.69, 9.17) is 0 Å². The van der Waals surface area contributed by atoms with Crippen molar-refractivity contribution in [2.24, 2.45) is 0 Å². The lowest BCUT2D eigenvalue weighted by atomic mass is 10.3. The topological polar surface area (TPSA) is 43.6 Å². The van der Waals surface area contributed by atoms with Gasteiger partial charge in [-0.1, -0.05) is 12.1 Å². The van der Waals surface area contributed by atoms with Crippen molar-refractivity contribution in [1.29, 1.82) is 0 Å². The van der Waals surface area contributed by atoms with Crippen LogP contribution in [-0.2, 0) is 0 Å². The van der Waals surface area contributed by atoms with Gasteiger partial charge < -0.3 is 0 Å². The summed E-state index contributed by atoms with van der Waals surface area (Å²) >= 11 is 0. The molecule has 1 aromatic carbocycles. The summed E-state index contributed by atoms with van der Waals surface area (Å²) in [5.41, 5.74) is 3.91. The monoisotopic (exact) mass is 224 g/mol. The van der Waals surface area contributed by atoms with Gasteiger partial charge in [0.05, 0.1) is 28.6 Å². The molecule has 84 valence electrons. The first-order valence-electron chi connectivity index (χ1n) is 5.48. The first-order chi connectivity index (χ1) is 8.25. The van der Waals surface area contributed by atoms with Gasteiger partial charge in [-0.2, -0.15) is 0 Å². The Kier molecular flexibility index (Phi) is 2.14. The summed E-state index contributed by atoms with van der Waals surface area (Å²) in [6, 6.07) is 7.99. The minimum atomic E-state index is 0.807. The Bertz CT molecular complexity index is 685. The highest BCUT2D eigenvalue weighted by molar-refractivity contribution is 5.76. The average molecular weight is 224 g/mol. The van der Waals surface area contributed by atoms with Gasteiger partial charge in [0.1, 0.15) is 6.33 Å². The zero-order valence-electron chi connectivity index (χ0n) is 9.75. The third kappa shape index (κ3) is 1.58. The second-order valence-corrected chi connectivity index (χ2v) is 4.00. The molecule has 0 aliphatic rings. The molecule has 17 heavy (non-hydrogen) atoms. The van der Waals surface area contributed by atoms with E-state index in [1.165, 1.54) is 0 Å². The van der Waals surface area contributed by atoms with Crippen LogP contribution in [0, 0.1) is 13.8 Å². The van der Waals surface area contributed by atoms with Gasteiger partial charge in [0.25, 0.3) is 0 Å². The van der Waals surface area contributed by atoms with Gasteiger partial charge in [0.2, 0.25) is 0 Å². The Morgan fingerprint density at radius 3 is 2.65 bits per heavy atom.